The van der Waals surface area contributed by atoms with Gasteiger partial charge in [-0.3, -0.25) is 4.79 Å². The molecule has 0 saturated heterocycles. The number of amides is 1. The summed E-state index contributed by atoms with van der Waals surface area (Å²) in [5.41, 5.74) is -1.82. The number of benzene rings is 3. The van der Waals surface area contributed by atoms with Crippen molar-refractivity contribution >= 4 is 21.4 Å². The van der Waals surface area contributed by atoms with E-state index in [1.807, 2.05) is 0 Å². The zero-order valence-corrected chi connectivity index (χ0v) is 18.8. The third-order valence-electron chi connectivity index (χ3n) is 4.58. The molecule has 186 valence electrons. The quantitative estimate of drug-likeness (QED) is 0.364. The van der Waals surface area contributed by atoms with Crippen LogP contribution in [0.2, 0.25) is 0 Å². The van der Waals surface area contributed by atoms with Gasteiger partial charge in [0.2, 0.25) is 9.84 Å². The Morgan fingerprint density at radius 3 is 2.23 bits per heavy atom. The van der Waals surface area contributed by atoms with Crippen LogP contribution in [-0.4, -0.2) is 26.7 Å². The second kappa shape index (κ2) is 10.3. The van der Waals surface area contributed by atoms with Gasteiger partial charge in [0, 0.05) is 5.56 Å². The fourth-order valence-electron chi connectivity index (χ4n) is 2.90. The van der Waals surface area contributed by atoms with E-state index in [9.17, 15) is 35.2 Å². The highest BCUT2D eigenvalue weighted by atomic mass is 32.2. The molecule has 0 aliphatic rings. The van der Waals surface area contributed by atoms with Gasteiger partial charge in [-0.2, -0.15) is 22.0 Å². The van der Waals surface area contributed by atoms with E-state index in [4.69, 9.17) is 9.47 Å². The standard InChI is InChI=1S/C23H18F5NO5S/c1-2-33-16-7-9-17(10-8-16)34-20-11-6-15(23(26,27)28)13-19(20)29-21(30)14-4-3-5-18(12-14)35(31,32)22(24)25/h3-13,22H,2H2,1H3,(H,29,30). The fourth-order valence-corrected chi connectivity index (χ4v) is 3.67. The molecule has 0 bridgehead atoms. The maximum absolute atomic E-state index is 13.3. The molecule has 0 fully saturated rings. The Balaban J connectivity index is 1.94. The summed E-state index contributed by atoms with van der Waals surface area (Å²) in [7, 11) is -4.99. The van der Waals surface area contributed by atoms with Gasteiger partial charge in [0.05, 0.1) is 22.8 Å². The Hall–Kier alpha value is -3.67. The first-order chi connectivity index (χ1) is 16.4. The molecule has 0 unspecified atom stereocenters. The minimum Gasteiger partial charge on any atom is -0.494 e. The summed E-state index contributed by atoms with van der Waals surface area (Å²) >= 11 is 0. The lowest BCUT2D eigenvalue weighted by Crippen LogP contribution is -2.16. The number of sulfone groups is 1. The highest BCUT2D eigenvalue weighted by Gasteiger charge is 2.32. The lowest BCUT2D eigenvalue weighted by molar-refractivity contribution is -0.137. The summed E-state index contributed by atoms with van der Waals surface area (Å²) < 4.78 is 99.8. The average Bonchev–Trinajstić information content (AvgIpc) is 2.81. The van der Waals surface area contributed by atoms with Crippen LogP contribution >= 0.6 is 0 Å². The SMILES string of the molecule is CCOc1ccc(Oc2ccc(C(F)(F)F)cc2NC(=O)c2cccc(S(=O)(=O)C(F)F)c2)cc1. The molecule has 0 aliphatic carbocycles. The van der Waals surface area contributed by atoms with Gasteiger partial charge in [-0.05, 0) is 67.6 Å². The second-order valence-corrected chi connectivity index (χ2v) is 8.92. The first-order valence-electron chi connectivity index (χ1n) is 9.97. The zero-order valence-electron chi connectivity index (χ0n) is 18.0. The van der Waals surface area contributed by atoms with Crippen LogP contribution in [0.25, 0.3) is 0 Å². The van der Waals surface area contributed by atoms with Gasteiger partial charge in [0.1, 0.15) is 11.5 Å². The van der Waals surface area contributed by atoms with E-state index in [2.05, 4.69) is 5.32 Å². The van der Waals surface area contributed by atoms with Crippen LogP contribution in [0.1, 0.15) is 22.8 Å². The Kier molecular flexibility index (Phi) is 7.64. The van der Waals surface area contributed by atoms with Crippen LogP contribution in [-0.2, 0) is 16.0 Å². The molecular weight excluding hydrogens is 497 g/mol. The van der Waals surface area contributed by atoms with Crippen LogP contribution in [0.3, 0.4) is 0 Å². The summed E-state index contributed by atoms with van der Waals surface area (Å²) in [4.78, 5) is 11.9. The first kappa shape index (κ1) is 25.9. The number of anilines is 1. The number of carbonyl (C=O) groups excluding carboxylic acids is 1. The summed E-state index contributed by atoms with van der Waals surface area (Å²) in [6.07, 6.45) is -4.73. The highest BCUT2D eigenvalue weighted by molar-refractivity contribution is 7.91. The summed E-state index contributed by atoms with van der Waals surface area (Å²) in [6.45, 7) is 2.22. The molecule has 0 saturated carbocycles. The van der Waals surface area contributed by atoms with E-state index in [0.29, 0.717) is 24.5 Å². The Bertz CT molecular complexity index is 1310. The number of nitrogens with one attached hydrogen (secondary N) is 1. The van der Waals surface area contributed by atoms with E-state index in [1.165, 1.54) is 12.1 Å². The Morgan fingerprint density at radius 1 is 0.971 bits per heavy atom. The monoisotopic (exact) mass is 515 g/mol. The smallest absolute Gasteiger partial charge is 0.416 e. The molecule has 6 nitrogen and oxygen atoms in total. The summed E-state index contributed by atoms with van der Waals surface area (Å²) in [5.74, 6) is -4.12. The van der Waals surface area contributed by atoms with Crippen LogP contribution in [0.4, 0.5) is 27.6 Å². The van der Waals surface area contributed by atoms with Crippen molar-refractivity contribution in [3.63, 3.8) is 0 Å². The Morgan fingerprint density at radius 2 is 1.63 bits per heavy atom. The minimum atomic E-state index is -4.99. The highest BCUT2D eigenvalue weighted by Crippen LogP contribution is 2.37. The molecule has 0 aliphatic heterocycles. The molecule has 35 heavy (non-hydrogen) atoms. The molecule has 3 aromatic rings. The van der Waals surface area contributed by atoms with Crippen LogP contribution < -0.4 is 14.8 Å². The molecule has 3 aromatic carbocycles. The second-order valence-electron chi connectivity index (χ2n) is 7.00. The normalized spacial score (nSPS) is 11.9. The molecule has 12 heteroatoms. The number of halogens is 5. The van der Waals surface area contributed by atoms with Crippen molar-refractivity contribution in [2.24, 2.45) is 0 Å². The molecule has 1 amide bonds. The van der Waals surface area contributed by atoms with Gasteiger partial charge in [0.25, 0.3) is 5.91 Å². The van der Waals surface area contributed by atoms with E-state index >= 15 is 0 Å². The van der Waals surface area contributed by atoms with Crippen LogP contribution in [0.15, 0.2) is 71.6 Å². The summed E-state index contributed by atoms with van der Waals surface area (Å²) in [5, 5.41) is 2.23. The number of rotatable bonds is 8. The molecule has 0 spiro atoms. The zero-order chi connectivity index (χ0) is 25.8. The lowest BCUT2D eigenvalue weighted by atomic mass is 10.1. The molecular formula is C23H18F5NO5S. The topological polar surface area (TPSA) is 81.7 Å². The van der Waals surface area contributed by atoms with Crippen molar-refractivity contribution in [1.29, 1.82) is 0 Å². The third-order valence-corrected chi connectivity index (χ3v) is 5.96. The number of alkyl halides is 5. The van der Waals surface area contributed by atoms with Crippen molar-refractivity contribution < 1.29 is 44.6 Å². The molecule has 0 radical (unpaired) electrons. The predicted molar refractivity (Wildman–Crippen MR) is 117 cm³/mol. The molecule has 3 rings (SSSR count). The van der Waals surface area contributed by atoms with Crippen molar-refractivity contribution in [3.8, 4) is 17.2 Å². The minimum absolute atomic E-state index is 0.146. The fraction of sp³-hybridized carbons (Fsp3) is 0.174. The van der Waals surface area contributed by atoms with Gasteiger partial charge in [-0.25, -0.2) is 8.42 Å². The number of carbonyl (C=O) groups is 1. The van der Waals surface area contributed by atoms with Crippen LogP contribution in [0.5, 0.6) is 17.2 Å². The maximum atomic E-state index is 13.3. The van der Waals surface area contributed by atoms with Crippen molar-refractivity contribution in [2.75, 3.05) is 11.9 Å². The predicted octanol–water partition coefficient (Wildman–Crippen LogP) is 6.15. The van der Waals surface area contributed by atoms with E-state index < -0.39 is 38.1 Å². The van der Waals surface area contributed by atoms with Gasteiger partial charge < -0.3 is 14.8 Å². The van der Waals surface area contributed by atoms with Gasteiger partial charge in [0.15, 0.2) is 5.75 Å². The van der Waals surface area contributed by atoms with Crippen LogP contribution in [0, 0.1) is 0 Å². The van der Waals surface area contributed by atoms with E-state index in [0.717, 1.165) is 30.3 Å². The van der Waals surface area contributed by atoms with Gasteiger partial charge in [-0.15, -0.1) is 0 Å². The van der Waals surface area contributed by atoms with Crippen molar-refractivity contribution in [1.82, 2.24) is 0 Å². The first-order valence-corrected chi connectivity index (χ1v) is 11.5. The van der Waals surface area contributed by atoms with Crippen molar-refractivity contribution in [3.05, 3.63) is 77.9 Å². The Labute approximate surface area is 197 Å². The number of ether oxygens (including phenoxy) is 2. The average molecular weight is 515 g/mol. The largest absolute Gasteiger partial charge is 0.494 e. The summed E-state index contributed by atoms with van der Waals surface area (Å²) in [6, 6.07) is 12.4. The lowest BCUT2D eigenvalue weighted by Gasteiger charge is -2.16. The van der Waals surface area contributed by atoms with Crippen molar-refractivity contribution in [2.45, 2.75) is 23.8 Å². The van der Waals surface area contributed by atoms with Gasteiger partial charge in [-0.1, -0.05) is 6.07 Å². The maximum Gasteiger partial charge on any atom is 0.416 e. The number of hydrogen-bond donors (Lipinski definition) is 1. The molecule has 0 aromatic heterocycles. The molecule has 0 atom stereocenters. The van der Waals surface area contributed by atoms with E-state index in [1.54, 1.807) is 19.1 Å². The molecule has 1 N–H and O–H groups in total. The number of hydrogen-bond acceptors (Lipinski definition) is 5. The van der Waals surface area contributed by atoms with E-state index in [-0.39, 0.29) is 22.7 Å². The molecule has 0 heterocycles. The van der Waals surface area contributed by atoms with Gasteiger partial charge >= 0.3 is 11.9 Å². The third kappa shape index (κ3) is 6.27.